The molecule has 0 unspecified atom stereocenters. The van der Waals surface area contributed by atoms with Crippen LogP contribution in [0.15, 0.2) is 42.5 Å². The van der Waals surface area contributed by atoms with Crippen molar-refractivity contribution in [3.63, 3.8) is 0 Å². The number of hydrogen-bond donors (Lipinski definition) is 1. The number of benzene rings is 1. The van der Waals surface area contributed by atoms with Crippen molar-refractivity contribution in [3.8, 4) is 0 Å². The number of anilines is 1. The summed E-state index contributed by atoms with van der Waals surface area (Å²) in [7, 11) is -1.88. The summed E-state index contributed by atoms with van der Waals surface area (Å²) < 4.78 is 6.41. The van der Waals surface area contributed by atoms with Crippen LogP contribution in [0, 0.1) is 5.92 Å². The Hall–Kier alpha value is -1.72. The van der Waals surface area contributed by atoms with Crippen LogP contribution in [0.1, 0.15) is 47.5 Å². The van der Waals surface area contributed by atoms with Crippen molar-refractivity contribution in [3.05, 3.63) is 42.5 Å². The highest BCUT2D eigenvalue weighted by Gasteiger charge is 2.39. The smallest absolute Gasteiger partial charge is 0.231 e. The monoisotopic (exact) mass is 389 g/mol. The third-order valence-electron chi connectivity index (χ3n) is 5.47. The molecule has 1 amide bonds. The van der Waals surface area contributed by atoms with Crippen LogP contribution in [0.5, 0.6) is 0 Å². The SMILES string of the molecule is C=C(CC(=O)CC(=O)Nc1ccccc1)[C@@H](C)[C@@H](C)O[Si](C)(C)C(C)(C)C. The first-order valence-corrected chi connectivity index (χ1v) is 12.5. The van der Waals surface area contributed by atoms with Crippen LogP contribution >= 0.6 is 0 Å². The highest BCUT2D eigenvalue weighted by Crippen LogP contribution is 2.38. The minimum Gasteiger partial charge on any atom is -0.414 e. The van der Waals surface area contributed by atoms with Crippen LogP contribution in [0.4, 0.5) is 5.69 Å². The van der Waals surface area contributed by atoms with E-state index in [1.54, 1.807) is 12.1 Å². The second-order valence-electron chi connectivity index (χ2n) is 8.84. The fourth-order valence-electron chi connectivity index (χ4n) is 2.46. The Morgan fingerprint density at radius 3 is 2.19 bits per heavy atom. The standard InChI is InChI=1S/C22H35NO3Si/c1-16(17(2)18(3)26-27(7,8)22(4,5)6)14-20(24)15-21(25)23-19-12-10-9-11-13-19/h9-13,17-18H,1,14-15H2,2-8H3,(H,23,25)/t17-,18-/m1/s1. The van der Waals surface area contributed by atoms with Gasteiger partial charge in [-0.15, -0.1) is 0 Å². The van der Waals surface area contributed by atoms with Gasteiger partial charge in [-0.2, -0.15) is 0 Å². The molecule has 1 aromatic rings. The van der Waals surface area contributed by atoms with E-state index in [0.717, 1.165) is 5.57 Å². The van der Waals surface area contributed by atoms with Crippen LogP contribution in [0.2, 0.25) is 18.1 Å². The second-order valence-corrected chi connectivity index (χ2v) is 13.6. The Kier molecular flexibility index (Phi) is 8.17. The molecule has 1 aromatic carbocycles. The van der Waals surface area contributed by atoms with Crippen molar-refractivity contribution in [2.24, 2.45) is 5.92 Å². The number of para-hydroxylation sites is 1. The maximum absolute atomic E-state index is 12.3. The number of ketones is 1. The third kappa shape index (κ3) is 7.43. The topological polar surface area (TPSA) is 55.4 Å². The third-order valence-corrected chi connectivity index (χ3v) is 10.0. The lowest BCUT2D eigenvalue weighted by Crippen LogP contribution is -2.44. The number of carbonyl (C=O) groups excluding carboxylic acids is 2. The molecule has 150 valence electrons. The van der Waals surface area contributed by atoms with Crippen LogP contribution in [0.25, 0.3) is 0 Å². The van der Waals surface area contributed by atoms with Gasteiger partial charge in [-0.1, -0.05) is 58.0 Å². The number of nitrogens with one attached hydrogen (secondary N) is 1. The zero-order valence-corrected chi connectivity index (χ0v) is 18.9. The molecule has 0 saturated carbocycles. The van der Waals surface area contributed by atoms with Crippen molar-refractivity contribution < 1.29 is 14.0 Å². The molecule has 0 aliphatic heterocycles. The number of amides is 1. The van der Waals surface area contributed by atoms with E-state index >= 15 is 0 Å². The number of rotatable bonds is 9. The minimum atomic E-state index is -1.88. The summed E-state index contributed by atoms with van der Waals surface area (Å²) in [5.74, 6) is -0.364. The van der Waals surface area contributed by atoms with Gasteiger partial charge >= 0.3 is 0 Å². The molecular formula is C22H35NO3Si. The quantitative estimate of drug-likeness (QED) is 0.341. The maximum Gasteiger partial charge on any atom is 0.231 e. The lowest BCUT2D eigenvalue weighted by atomic mass is 9.93. The van der Waals surface area contributed by atoms with Gasteiger partial charge in [0.15, 0.2) is 8.32 Å². The molecule has 0 bridgehead atoms. The predicted molar refractivity (Wildman–Crippen MR) is 115 cm³/mol. The Morgan fingerprint density at radius 2 is 1.67 bits per heavy atom. The molecule has 0 saturated heterocycles. The second kappa shape index (κ2) is 9.47. The largest absolute Gasteiger partial charge is 0.414 e. The van der Waals surface area contributed by atoms with Gasteiger partial charge in [-0.05, 0) is 37.2 Å². The van der Waals surface area contributed by atoms with Crippen LogP contribution in [-0.4, -0.2) is 26.1 Å². The molecule has 5 heteroatoms. The number of hydrogen-bond acceptors (Lipinski definition) is 3. The average Bonchev–Trinajstić information content (AvgIpc) is 2.53. The fraction of sp³-hybridized carbons (Fsp3) is 0.545. The molecule has 0 fully saturated rings. The minimum absolute atomic E-state index is 0.00987. The molecule has 0 aliphatic carbocycles. The highest BCUT2D eigenvalue weighted by molar-refractivity contribution is 6.74. The van der Waals surface area contributed by atoms with Gasteiger partial charge in [-0.3, -0.25) is 9.59 Å². The average molecular weight is 390 g/mol. The molecule has 0 heterocycles. The Labute approximate surface area is 165 Å². The molecule has 1 N–H and O–H groups in total. The summed E-state index contributed by atoms with van der Waals surface area (Å²) in [6.07, 6.45) is 0.0523. The first kappa shape index (κ1) is 23.3. The zero-order valence-electron chi connectivity index (χ0n) is 17.9. The fourth-order valence-corrected chi connectivity index (χ4v) is 3.95. The van der Waals surface area contributed by atoms with Crippen LogP contribution in [-0.2, 0) is 14.0 Å². The molecule has 0 aromatic heterocycles. The summed E-state index contributed by atoms with van der Waals surface area (Å²) >= 11 is 0. The lowest BCUT2D eigenvalue weighted by molar-refractivity contribution is -0.125. The van der Waals surface area contributed by atoms with Gasteiger partial charge in [0.25, 0.3) is 0 Å². The number of Topliss-reactive ketones (excluding diaryl/α,β-unsaturated/α-hetero) is 1. The molecule has 1 rings (SSSR count). The number of carbonyl (C=O) groups is 2. The van der Waals surface area contributed by atoms with E-state index in [0.29, 0.717) is 5.69 Å². The molecular weight excluding hydrogens is 354 g/mol. The van der Waals surface area contributed by atoms with Gasteiger partial charge in [0, 0.05) is 24.1 Å². The van der Waals surface area contributed by atoms with Crippen molar-refractivity contribution in [1.82, 2.24) is 0 Å². The van der Waals surface area contributed by atoms with Gasteiger partial charge in [-0.25, -0.2) is 0 Å². The highest BCUT2D eigenvalue weighted by atomic mass is 28.4. The van der Waals surface area contributed by atoms with Crippen molar-refractivity contribution >= 4 is 25.7 Å². The zero-order chi connectivity index (χ0) is 20.8. The summed E-state index contributed by atoms with van der Waals surface area (Å²) in [4.78, 5) is 24.3. The predicted octanol–water partition coefficient (Wildman–Crippen LogP) is 5.58. The van der Waals surface area contributed by atoms with Crippen molar-refractivity contribution in [2.45, 2.75) is 71.7 Å². The Bertz CT molecular complexity index is 662. The maximum atomic E-state index is 12.3. The van der Waals surface area contributed by atoms with Gasteiger partial charge < -0.3 is 9.74 Å². The molecule has 0 spiro atoms. The van der Waals surface area contributed by atoms with Gasteiger partial charge in [0.05, 0.1) is 6.42 Å². The molecule has 27 heavy (non-hydrogen) atoms. The van der Waals surface area contributed by atoms with E-state index in [9.17, 15) is 9.59 Å². The lowest BCUT2D eigenvalue weighted by Gasteiger charge is -2.40. The summed E-state index contributed by atoms with van der Waals surface area (Å²) in [5, 5.41) is 2.87. The van der Waals surface area contributed by atoms with Crippen LogP contribution in [0.3, 0.4) is 0 Å². The first-order chi connectivity index (χ1) is 12.3. The molecule has 2 atom stereocenters. The molecule has 4 nitrogen and oxygen atoms in total. The molecule has 0 aliphatic rings. The normalized spacial score (nSPS) is 14.3. The van der Waals surface area contributed by atoms with E-state index in [1.807, 2.05) is 32.0 Å². The van der Waals surface area contributed by atoms with E-state index in [4.69, 9.17) is 4.43 Å². The summed E-state index contributed by atoms with van der Waals surface area (Å²) in [5.41, 5.74) is 1.51. The van der Waals surface area contributed by atoms with E-state index in [2.05, 4.69) is 45.8 Å². The van der Waals surface area contributed by atoms with Gasteiger partial charge in [0.1, 0.15) is 5.78 Å². The van der Waals surface area contributed by atoms with E-state index < -0.39 is 8.32 Å². The summed E-state index contributed by atoms with van der Waals surface area (Å²) in [6, 6.07) is 9.14. The Balaban J connectivity index is 2.54. The Morgan fingerprint density at radius 1 is 1.11 bits per heavy atom. The first-order valence-electron chi connectivity index (χ1n) is 9.55. The van der Waals surface area contributed by atoms with Crippen LogP contribution < -0.4 is 5.32 Å². The van der Waals surface area contributed by atoms with Gasteiger partial charge in [0.2, 0.25) is 5.91 Å². The van der Waals surface area contributed by atoms with E-state index in [-0.39, 0.29) is 41.6 Å². The molecule has 0 radical (unpaired) electrons. The summed E-state index contributed by atoms with van der Waals surface area (Å²) in [6.45, 7) is 19.2. The van der Waals surface area contributed by atoms with Crippen molar-refractivity contribution in [2.75, 3.05) is 5.32 Å². The van der Waals surface area contributed by atoms with E-state index in [1.165, 1.54) is 0 Å². The van der Waals surface area contributed by atoms with Crippen molar-refractivity contribution in [1.29, 1.82) is 0 Å².